The number of nitrogens with two attached hydrogens (primary N) is 1. The van der Waals surface area contributed by atoms with Gasteiger partial charge in [-0.2, -0.15) is 0 Å². The van der Waals surface area contributed by atoms with Crippen molar-refractivity contribution in [3.8, 4) is 0 Å². The molecular formula is C15H22BrFN2O. The first-order valence-corrected chi connectivity index (χ1v) is 7.68. The predicted octanol–water partition coefficient (Wildman–Crippen LogP) is 3.09. The Kier molecular flexibility index (Phi) is 4.84. The maximum absolute atomic E-state index is 13.5. The number of benzene rings is 1. The van der Waals surface area contributed by atoms with Crippen LogP contribution in [-0.2, 0) is 4.74 Å². The summed E-state index contributed by atoms with van der Waals surface area (Å²) in [5.41, 5.74) is 6.65. The van der Waals surface area contributed by atoms with Crippen LogP contribution in [0.5, 0.6) is 0 Å². The molecule has 5 heteroatoms. The van der Waals surface area contributed by atoms with Crippen LogP contribution in [0.1, 0.15) is 32.4 Å². The molecule has 0 bridgehead atoms. The normalized spacial score (nSPS) is 24.6. The Bertz CT molecular complexity index is 481. The topological polar surface area (TPSA) is 38.5 Å². The summed E-state index contributed by atoms with van der Waals surface area (Å²) in [6.07, 6.45) is 0.139. The van der Waals surface area contributed by atoms with Crippen molar-refractivity contribution in [3.63, 3.8) is 0 Å². The zero-order chi connectivity index (χ0) is 14.9. The quantitative estimate of drug-likeness (QED) is 0.915. The summed E-state index contributed by atoms with van der Waals surface area (Å²) in [6.45, 7) is 8.23. The fourth-order valence-corrected chi connectivity index (χ4v) is 3.49. The lowest BCUT2D eigenvalue weighted by atomic mass is 9.99. The fraction of sp³-hybridized carbons (Fsp3) is 0.600. The molecule has 0 saturated carbocycles. The van der Waals surface area contributed by atoms with Crippen molar-refractivity contribution in [2.75, 3.05) is 19.6 Å². The van der Waals surface area contributed by atoms with E-state index in [-0.39, 0.29) is 23.6 Å². The molecule has 1 aromatic carbocycles. The van der Waals surface area contributed by atoms with Crippen molar-refractivity contribution in [1.82, 2.24) is 4.90 Å². The molecule has 1 fully saturated rings. The van der Waals surface area contributed by atoms with Gasteiger partial charge in [-0.1, -0.05) is 15.9 Å². The minimum Gasteiger partial charge on any atom is -0.370 e. The SMILES string of the molecule is CC1CN(C(CN)c2cc(F)ccc2Br)CC(C)(C)O1. The first-order valence-electron chi connectivity index (χ1n) is 6.89. The molecule has 1 aliphatic rings. The third kappa shape index (κ3) is 3.58. The third-order valence-electron chi connectivity index (χ3n) is 3.58. The van der Waals surface area contributed by atoms with Gasteiger partial charge in [0, 0.05) is 30.1 Å². The lowest BCUT2D eigenvalue weighted by molar-refractivity contribution is -0.137. The number of nitrogens with zero attached hydrogens (tertiary/aromatic N) is 1. The van der Waals surface area contributed by atoms with Crippen molar-refractivity contribution < 1.29 is 9.13 Å². The second kappa shape index (κ2) is 6.10. The number of hydrogen-bond donors (Lipinski definition) is 1. The molecule has 1 aromatic rings. The van der Waals surface area contributed by atoms with Crippen LogP contribution < -0.4 is 5.73 Å². The molecular weight excluding hydrogens is 323 g/mol. The van der Waals surface area contributed by atoms with Gasteiger partial charge in [0.05, 0.1) is 11.7 Å². The molecule has 2 rings (SSSR count). The van der Waals surface area contributed by atoms with Crippen molar-refractivity contribution in [2.24, 2.45) is 5.73 Å². The second-order valence-electron chi connectivity index (χ2n) is 6.03. The summed E-state index contributed by atoms with van der Waals surface area (Å²) in [4.78, 5) is 2.29. The maximum Gasteiger partial charge on any atom is 0.123 e. The Balaban J connectivity index is 2.29. The maximum atomic E-state index is 13.5. The van der Waals surface area contributed by atoms with Gasteiger partial charge in [0.25, 0.3) is 0 Å². The molecule has 20 heavy (non-hydrogen) atoms. The van der Waals surface area contributed by atoms with Crippen molar-refractivity contribution >= 4 is 15.9 Å². The zero-order valence-electron chi connectivity index (χ0n) is 12.2. The number of halogens is 2. The van der Waals surface area contributed by atoms with Gasteiger partial charge in [0.15, 0.2) is 0 Å². The average molecular weight is 345 g/mol. The highest BCUT2D eigenvalue weighted by atomic mass is 79.9. The highest BCUT2D eigenvalue weighted by Crippen LogP contribution is 2.32. The standard InChI is InChI=1S/C15H22BrFN2O/c1-10-8-19(9-15(2,3)20-10)14(7-18)12-6-11(17)4-5-13(12)16/h4-6,10,14H,7-9,18H2,1-3H3. The van der Waals surface area contributed by atoms with E-state index in [0.717, 1.165) is 23.1 Å². The molecule has 2 atom stereocenters. The van der Waals surface area contributed by atoms with E-state index in [1.807, 2.05) is 0 Å². The number of rotatable bonds is 3. The smallest absolute Gasteiger partial charge is 0.123 e. The highest BCUT2D eigenvalue weighted by molar-refractivity contribution is 9.10. The van der Waals surface area contributed by atoms with Crippen molar-refractivity contribution in [1.29, 1.82) is 0 Å². The first-order chi connectivity index (χ1) is 9.32. The van der Waals surface area contributed by atoms with E-state index in [1.165, 1.54) is 6.07 Å². The summed E-state index contributed by atoms with van der Waals surface area (Å²) in [6, 6.07) is 4.75. The summed E-state index contributed by atoms with van der Waals surface area (Å²) in [7, 11) is 0. The predicted molar refractivity (Wildman–Crippen MR) is 82.1 cm³/mol. The van der Waals surface area contributed by atoms with Crippen LogP contribution in [-0.4, -0.2) is 36.2 Å². The molecule has 0 spiro atoms. The minimum absolute atomic E-state index is 0.00861. The van der Waals surface area contributed by atoms with Gasteiger partial charge in [-0.15, -0.1) is 0 Å². The molecule has 1 heterocycles. The Morgan fingerprint density at radius 2 is 2.25 bits per heavy atom. The Morgan fingerprint density at radius 1 is 1.55 bits per heavy atom. The van der Waals surface area contributed by atoms with Crippen LogP contribution in [0.4, 0.5) is 4.39 Å². The molecule has 2 N–H and O–H groups in total. The molecule has 0 aromatic heterocycles. The van der Waals surface area contributed by atoms with Crippen LogP contribution in [0.3, 0.4) is 0 Å². The Labute approximate surface area is 128 Å². The number of morpholine rings is 1. The number of hydrogen-bond acceptors (Lipinski definition) is 3. The van der Waals surface area contributed by atoms with Gasteiger partial charge < -0.3 is 10.5 Å². The van der Waals surface area contributed by atoms with E-state index in [9.17, 15) is 4.39 Å². The summed E-state index contributed by atoms with van der Waals surface area (Å²) >= 11 is 3.50. The third-order valence-corrected chi connectivity index (χ3v) is 4.30. The van der Waals surface area contributed by atoms with Gasteiger partial charge in [-0.25, -0.2) is 4.39 Å². The van der Waals surface area contributed by atoms with Gasteiger partial charge in [0.1, 0.15) is 5.82 Å². The van der Waals surface area contributed by atoms with Crippen molar-refractivity contribution in [3.05, 3.63) is 34.1 Å². The lowest BCUT2D eigenvalue weighted by Crippen LogP contribution is -2.53. The summed E-state index contributed by atoms with van der Waals surface area (Å²) in [5, 5.41) is 0. The van der Waals surface area contributed by atoms with Gasteiger partial charge >= 0.3 is 0 Å². The summed E-state index contributed by atoms with van der Waals surface area (Å²) < 4.78 is 20.3. The molecule has 0 amide bonds. The van der Waals surface area contributed by atoms with Crippen LogP contribution in [0.2, 0.25) is 0 Å². The highest BCUT2D eigenvalue weighted by Gasteiger charge is 2.35. The van der Waals surface area contributed by atoms with Crippen LogP contribution in [0, 0.1) is 5.82 Å². The monoisotopic (exact) mass is 344 g/mol. The van der Waals surface area contributed by atoms with Gasteiger partial charge in [-0.05, 0) is 44.5 Å². The first kappa shape index (κ1) is 15.9. The Hall–Kier alpha value is -0.490. The minimum atomic E-state index is -0.234. The molecule has 112 valence electrons. The van der Waals surface area contributed by atoms with E-state index in [2.05, 4.69) is 41.6 Å². The second-order valence-corrected chi connectivity index (χ2v) is 6.89. The van der Waals surface area contributed by atoms with Crippen LogP contribution in [0.25, 0.3) is 0 Å². The molecule has 1 saturated heterocycles. The summed E-state index contributed by atoms with van der Waals surface area (Å²) in [5.74, 6) is -0.234. The Morgan fingerprint density at radius 3 is 2.85 bits per heavy atom. The molecule has 0 aliphatic carbocycles. The lowest BCUT2D eigenvalue weighted by Gasteiger charge is -2.45. The van der Waals surface area contributed by atoms with E-state index < -0.39 is 0 Å². The van der Waals surface area contributed by atoms with Crippen LogP contribution >= 0.6 is 15.9 Å². The van der Waals surface area contributed by atoms with E-state index >= 15 is 0 Å². The van der Waals surface area contributed by atoms with Crippen molar-refractivity contribution in [2.45, 2.75) is 38.5 Å². The van der Waals surface area contributed by atoms with E-state index in [1.54, 1.807) is 12.1 Å². The molecule has 0 radical (unpaired) electrons. The molecule has 1 aliphatic heterocycles. The van der Waals surface area contributed by atoms with Crippen LogP contribution in [0.15, 0.2) is 22.7 Å². The van der Waals surface area contributed by atoms with E-state index in [4.69, 9.17) is 10.5 Å². The molecule has 2 unspecified atom stereocenters. The van der Waals surface area contributed by atoms with Gasteiger partial charge in [0.2, 0.25) is 0 Å². The van der Waals surface area contributed by atoms with E-state index in [0.29, 0.717) is 6.54 Å². The zero-order valence-corrected chi connectivity index (χ0v) is 13.8. The number of ether oxygens (including phenoxy) is 1. The fourth-order valence-electron chi connectivity index (χ4n) is 2.98. The molecule has 3 nitrogen and oxygen atoms in total. The largest absolute Gasteiger partial charge is 0.370 e. The average Bonchev–Trinajstić information content (AvgIpc) is 2.32. The van der Waals surface area contributed by atoms with Gasteiger partial charge in [-0.3, -0.25) is 4.90 Å².